The first-order valence-electron chi connectivity index (χ1n) is 11.0. The Morgan fingerprint density at radius 2 is 1.72 bits per heavy atom. The normalized spacial score (nSPS) is 20.1. The molecule has 1 heterocycles. The fraction of sp³-hybridized carbons (Fsp3) is 0.417. The number of hydrogen-bond acceptors (Lipinski definition) is 4. The highest BCUT2D eigenvalue weighted by molar-refractivity contribution is 6.77. The number of hydrogen-bond donors (Lipinski definition) is 2. The predicted octanol–water partition coefficient (Wildman–Crippen LogP) is 3.59. The van der Waals surface area contributed by atoms with Crippen molar-refractivity contribution in [2.24, 2.45) is 0 Å². The van der Waals surface area contributed by atoms with Crippen LogP contribution < -0.4 is 10.7 Å². The molecule has 3 atom stereocenters. The lowest BCUT2D eigenvalue weighted by Crippen LogP contribution is -2.52. The molecule has 1 aliphatic rings. The molecule has 0 aromatic heterocycles. The molecule has 2 aromatic carbocycles. The molecule has 7 nitrogen and oxygen atoms in total. The van der Waals surface area contributed by atoms with E-state index < -0.39 is 20.2 Å². The van der Waals surface area contributed by atoms with Crippen LogP contribution in [0.3, 0.4) is 0 Å². The van der Waals surface area contributed by atoms with Crippen molar-refractivity contribution in [1.82, 2.24) is 15.8 Å². The van der Waals surface area contributed by atoms with E-state index in [1.54, 1.807) is 24.3 Å². The Hall–Kier alpha value is -2.68. The maximum Gasteiger partial charge on any atom is 0.334 e. The predicted molar refractivity (Wildman–Crippen MR) is 127 cm³/mol. The van der Waals surface area contributed by atoms with Crippen LogP contribution >= 0.6 is 0 Å². The van der Waals surface area contributed by atoms with E-state index in [9.17, 15) is 9.59 Å². The molecule has 3 rings (SSSR count). The van der Waals surface area contributed by atoms with Crippen molar-refractivity contribution >= 4 is 20.0 Å². The third kappa shape index (κ3) is 6.41. The molecule has 2 N–H and O–H groups in total. The van der Waals surface area contributed by atoms with Crippen LogP contribution in [0.4, 0.5) is 4.79 Å². The van der Waals surface area contributed by atoms with Crippen LogP contribution in [0.2, 0.25) is 19.6 Å². The molecule has 172 valence electrons. The Kier molecular flexibility index (Phi) is 8.06. The number of benzene rings is 2. The summed E-state index contributed by atoms with van der Waals surface area (Å²) in [5.41, 5.74) is 4.27. The molecule has 1 saturated heterocycles. The minimum Gasteiger partial charge on any atom is -0.357 e. The highest BCUT2D eigenvalue weighted by Crippen LogP contribution is 2.20. The Morgan fingerprint density at radius 1 is 1.09 bits per heavy atom. The Labute approximate surface area is 191 Å². The zero-order chi connectivity index (χ0) is 23.1. The van der Waals surface area contributed by atoms with Crippen molar-refractivity contribution < 1.29 is 19.1 Å². The summed E-state index contributed by atoms with van der Waals surface area (Å²) in [5.74, 6) is -0.643. The van der Waals surface area contributed by atoms with Crippen LogP contribution in [0.25, 0.3) is 0 Å². The number of nitrogens with zero attached hydrogens (tertiary/aromatic N) is 1. The molecular weight excluding hydrogens is 422 g/mol. The van der Waals surface area contributed by atoms with Crippen molar-refractivity contribution in [3.63, 3.8) is 0 Å². The van der Waals surface area contributed by atoms with Gasteiger partial charge >= 0.3 is 6.03 Å². The van der Waals surface area contributed by atoms with E-state index in [2.05, 4.69) is 30.4 Å². The molecule has 1 unspecified atom stereocenters. The third-order valence-corrected chi connectivity index (χ3v) is 6.97. The van der Waals surface area contributed by atoms with Crippen molar-refractivity contribution in [2.45, 2.75) is 51.0 Å². The Balaban J connectivity index is 1.89. The largest absolute Gasteiger partial charge is 0.357 e. The van der Waals surface area contributed by atoms with Crippen molar-refractivity contribution in [1.29, 1.82) is 0 Å². The van der Waals surface area contributed by atoms with E-state index in [1.165, 1.54) is 5.01 Å². The van der Waals surface area contributed by atoms with Crippen LogP contribution in [0.5, 0.6) is 0 Å². The van der Waals surface area contributed by atoms with Gasteiger partial charge in [0.15, 0.2) is 0 Å². The number of nitrogens with one attached hydrogen (secondary N) is 2. The van der Waals surface area contributed by atoms with Gasteiger partial charge in [-0.05, 0) is 31.0 Å². The minimum absolute atomic E-state index is 0.206. The Morgan fingerprint density at radius 3 is 2.31 bits per heavy atom. The first-order valence-corrected chi connectivity index (χ1v) is 14.6. The topological polar surface area (TPSA) is 79.9 Å². The van der Waals surface area contributed by atoms with Gasteiger partial charge in [0.1, 0.15) is 20.1 Å². The lowest BCUT2D eigenvalue weighted by Gasteiger charge is -2.35. The van der Waals surface area contributed by atoms with Crippen molar-refractivity contribution in [3.8, 4) is 0 Å². The molecule has 0 spiro atoms. The maximum absolute atomic E-state index is 13.1. The monoisotopic (exact) mass is 455 g/mol. The molecule has 0 radical (unpaired) electrons. The summed E-state index contributed by atoms with van der Waals surface area (Å²) in [6.45, 7) is 9.22. The number of carbonyl (C=O) groups excluding carboxylic acids is 2. The van der Waals surface area contributed by atoms with Gasteiger partial charge in [0.2, 0.25) is 0 Å². The molecule has 0 saturated carbocycles. The van der Waals surface area contributed by atoms with Gasteiger partial charge in [0.25, 0.3) is 5.91 Å². The van der Waals surface area contributed by atoms with Crippen molar-refractivity contribution in [2.75, 3.05) is 13.2 Å². The fourth-order valence-electron chi connectivity index (χ4n) is 3.63. The molecule has 32 heavy (non-hydrogen) atoms. The van der Waals surface area contributed by atoms with Gasteiger partial charge in [-0.25, -0.2) is 15.2 Å². The van der Waals surface area contributed by atoms with Crippen LogP contribution in [0.1, 0.15) is 22.8 Å². The van der Waals surface area contributed by atoms with Gasteiger partial charge in [-0.15, -0.1) is 0 Å². The second-order valence-electron chi connectivity index (χ2n) is 8.99. The molecule has 8 heteroatoms. The fourth-order valence-corrected chi connectivity index (χ4v) is 4.88. The molecular formula is C24H33N3O4Si. The lowest BCUT2D eigenvalue weighted by molar-refractivity contribution is -0.135. The first-order chi connectivity index (χ1) is 15.3. The Bertz CT molecular complexity index is 889. The van der Waals surface area contributed by atoms with E-state index >= 15 is 0 Å². The zero-order valence-electron chi connectivity index (χ0n) is 19.2. The van der Waals surface area contributed by atoms with Crippen LogP contribution in [-0.2, 0) is 15.9 Å². The summed E-state index contributed by atoms with van der Waals surface area (Å²) in [5, 5.41) is 4.34. The molecule has 0 aliphatic carbocycles. The summed E-state index contributed by atoms with van der Waals surface area (Å²) in [7, 11) is -1.84. The second-order valence-corrected chi connectivity index (χ2v) is 14.2. The van der Waals surface area contributed by atoms with Gasteiger partial charge in [0, 0.05) is 12.2 Å². The van der Waals surface area contributed by atoms with Gasteiger partial charge in [-0.3, -0.25) is 4.79 Å². The maximum atomic E-state index is 13.1. The summed E-state index contributed by atoms with van der Waals surface area (Å²) < 4.78 is 12.5. The zero-order valence-corrected chi connectivity index (χ0v) is 20.2. The molecule has 1 aliphatic heterocycles. The quantitative estimate of drug-likeness (QED) is 0.471. The van der Waals surface area contributed by atoms with E-state index in [1.807, 2.05) is 43.3 Å². The summed E-state index contributed by atoms with van der Waals surface area (Å²) in [6.07, 6.45) is 0.127. The molecule has 1 fully saturated rings. The number of ether oxygens (including phenoxy) is 2. The van der Waals surface area contributed by atoms with Crippen molar-refractivity contribution in [3.05, 3.63) is 71.8 Å². The van der Waals surface area contributed by atoms with E-state index in [0.29, 0.717) is 18.6 Å². The highest BCUT2D eigenvalue weighted by Gasteiger charge is 2.38. The van der Waals surface area contributed by atoms with Gasteiger partial charge < -0.3 is 14.8 Å². The third-order valence-electron chi connectivity index (χ3n) is 5.25. The van der Waals surface area contributed by atoms with Crippen LogP contribution in [-0.4, -0.2) is 56.2 Å². The standard InChI is InChI=1S/C24H33N3O4Si/c1-5-30-24(32(2,3)4)31-21-17-27(22(28)19-14-10-7-11-15-19)26-23(29)25-20(21)16-18-12-8-6-9-13-18/h6-15,20-21,24H,5,16-17H2,1-4H3,(H2,25,26,29)/t20-,21-,24?/m1/s1. The molecule has 3 amide bonds. The van der Waals surface area contributed by atoms with Gasteiger partial charge in [0.05, 0.1) is 12.6 Å². The lowest BCUT2D eigenvalue weighted by atomic mass is 10.0. The average Bonchev–Trinajstić information content (AvgIpc) is 2.92. The SMILES string of the molecule is CCOC(O[C@@H]1CN(C(=O)c2ccccc2)NC(=O)N[C@@H]1Cc1ccccc1)[Si](C)(C)C. The number of carbonyl (C=O) groups is 2. The van der Waals surface area contributed by atoms with E-state index in [0.717, 1.165) is 5.56 Å². The van der Waals surface area contributed by atoms with Gasteiger partial charge in [-0.2, -0.15) is 0 Å². The average molecular weight is 456 g/mol. The summed E-state index contributed by atoms with van der Waals surface area (Å²) >= 11 is 0. The minimum atomic E-state index is -1.84. The van der Waals surface area contributed by atoms with Gasteiger partial charge in [-0.1, -0.05) is 68.2 Å². The highest BCUT2D eigenvalue weighted by atomic mass is 28.3. The summed E-state index contributed by atoms with van der Waals surface area (Å²) in [6, 6.07) is 18.1. The van der Waals surface area contributed by atoms with Crippen LogP contribution in [0, 0.1) is 0 Å². The van der Waals surface area contributed by atoms with Crippen LogP contribution in [0.15, 0.2) is 60.7 Å². The van der Waals surface area contributed by atoms with E-state index in [4.69, 9.17) is 9.47 Å². The number of urea groups is 1. The first kappa shape index (κ1) is 24.0. The number of hydrazine groups is 1. The smallest absolute Gasteiger partial charge is 0.334 e. The number of rotatable bonds is 8. The number of amides is 3. The van der Waals surface area contributed by atoms with E-state index in [-0.39, 0.29) is 24.4 Å². The molecule has 0 bridgehead atoms. The molecule has 2 aromatic rings. The summed E-state index contributed by atoms with van der Waals surface area (Å²) in [4.78, 5) is 25.8. The second kappa shape index (κ2) is 10.8.